The molecule has 112 valence electrons. The number of hydrazine groups is 1. The molecule has 0 aromatic heterocycles. The molecule has 3 N–H and O–H groups in total. The summed E-state index contributed by atoms with van der Waals surface area (Å²) in [6.45, 7) is 0. The van der Waals surface area contributed by atoms with E-state index in [2.05, 4.69) is 16.2 Å². The van der Waals surface area contributed by atoms with E-state index in [9.17, 15) is 9.59 Å². The minimum Gasteiger partial charge on any atom is -0.344 e. The van der Waals surface area contributed by atoms with Gasteiger partial charge in [0.25, 0.3) is 0 Å². The van der Waals surface area contributed by atoms with E-state index < -0.39 is 6.04 Å². The van der Waals surface area contributed by atoms with Gasteiger partial charge in [-0.3, -0.25) is 15.0 Å². The van der Waals surface area contributed by atoms with Gasteiger partial charge in [0.2, 0.25) is 11.8 Å². The maximum absolute atomic E-state index is 12.4. The summed E-state index contributed by atoms with van der Waals surface area (Å²) in [4.78, 5) is 23.6. The van der Waals surface area contributed by atoms with Crippen LogP contribution in [0.3, 0.4) is 0 Å². The minimum atomic E-state index is -0.539. The third-order valence-corrected chi connectivity index (χ3v) is 3.64. The van der Waals surface area contributed by atoms with Crippen LogP contribution in [0, 0.1) is 0 Å². The molecule has 1 aliphatic heterocycles. The van der Waals surface area contributed by atoms with Gasteiger partial charge >= 0.3 is 0 Å². The molecule has 2 amide bonds. The zero-order valence-corrected chi connectivity index (χ0v) is 12.0. The molecule has 2 aromatic carbocycles. The summed E-state index contributed by atoms with van der Waals surface area (Å²) in [5.74, 6) is -0.368. The smallest absolute Gasteiger partial charge is 0.240 e. The fraction of sp³-hybridized carbons (Fsp3) is 0.176. The monoisotopic (exact) mass is 295 g/mol. The molecule has 0 spiro atoms. The Hall–Kier alpha value is -2.66. The van der Waals surface area contributed by atoms with Crippen molar-refractivity contribution in [1.82, 2.24) is 16.2 Å². The standard InChI is InChI=1S/C17H17N3O2/c21-15-11-14(19-20-15)17(22)18-16(12-7-3-1-4-8-12)13-9-5-2-6-10-13/h1-10,14,16,19H,11H2,(H,18,22)(H,20,21). The number of benzene rings is 2. The van der Waals surface area contributed by atoms with E-state index in [-0.39, 0.29) is 24.3 Å². The summed E-state index contributed by atoms with van der Waals surface area (Å²) < 4.78 is 0. The maximum Gasteiger partial charge on any atom is 0.240 e. The SMILES string of the molecule is O=C1CC(C(=O)NC(c2ccccc2)c2ccccc2)NN1. The van der Waals surface area contributed by atoms with Crippen LogP contribution in [0.15, 0.2) is 60.7 Å². The number of nitrogens with one attached hydrogen (secondary N) is 3. The molecule has 1 aliphatic rings. The second kappa shape index (κ2) is 6.41. The molecule has 5 nitrogen and oxygen atoms in total. The molecule has 22 heavy (non-hydrogen) atoms. The van der Waals surface area contributed by atoms with Gasteiger partial charge in [-0.1, -0.05) is 60.7 Å². The molecule has 1 saturated heterocycles. The highest BCUT2D eigenvalue weighted by molar-refractivity contribution is 5.91. The lowest BCUT2D eigenvalue weighted by Gasteiger charge is -2.21. The number of amides is 2. The average molecular weight is 295 g/mol. The average Bonchev–Trinajstić information content (AvgIpc) is 3.01. The number of hydrogen-bond acceptors (Lipinski definition) is 3. The Kier molecular flexibility index (Phi) is 4.16. The fourth-order valence-electron chi connectivity index (χ4n) is 2.51. The van der Waals surface area contributed by atoms with Gasteiger partial charge in [-0.2, -0.15) is 0 Å². The Morgan fingerprint density at radius 2 is 1.55 bits per heavy atom. The quantitative estimate of drug-likeness (QED) is 0.796. The highest BCUT2D eigenvalue weighted by atomic mass is 16.2. The van der Waals surface area contributed by atoms with Crippen molar-refractivity contribution in [3.8, 4) is 0 Å². The Morgan fingerprint density at radius 3 is 2.00 bits per heavy atom. The number of carbonyl (C=O) groups is 2. The largest absolute Gasteiger partial charge is 0.344 e. The summed E-state index contributed by atoms with van der Waals surface area (Å²) in [6.07, 6.45) is 0.155. The molecule has 1 fully saturated rings. The molecular formula is C17H17N3O2. The van der Waals surface area contributed by atoms with E-state index in [1.807, 2.05) is 60.7 Å². The van der Waals surface area contributed by atoms with Crippen LogP contribution >= 0.6 is 0 Å². The van der Waals surface area contributed by atoms with Crippen molar-refractivity contribution < 1.29 is 9.59 Å². The van der Waals surface area contributed by atoms with Crippen LogP contribution in [-0.2, 0) is 9.59 Å². The third kappa shape index (κ3) is 3.15. The zero-order valence-electron chi connectivity index (χ0n) is 12.0. The third-order valence-electron chi connectivity index (χ3n) is 3.64. The van der Waals surface area contributed by atoms with Gasteiger partial charge < -0.3 is 5.32 Å². The van der Waals surface area contributed by atoms with Gasteiger partial charge in [-0.05, 0) is 11.1 Å². The first kappa shape index (κ1) is 14.3. The van der Waals surface area contributed by atoms with Crippen molar-refractivity contribution in [3.63, 3.8) is 0 Å². The second-order valence-electron chi connectivity index (χ2n) is 5.21. The summed E-state index contributed by atoms with van der Waals surface area (Å²) in [5, 5.41) is 3.02. The van der Waals surface area contributed by atoms with Gasteiger partial charge in [-0.15, -0.1) is 0 Å². The van der Waals surface area contributed by atoms with Gasteiger partial charge in [0.05, 0.1) is 12.5 Å². The van der Waals surface area contributed by atoms with E-state index in [1.165, 1.54) is 0 Å². The van der Waals surface area contributed by atoms with Gasteiger partial charge in [0, 0.05) is 0 Å². The predicted octanol–water partition coefficient (Wildman–Crippen LogP) is 1.29. The first-order valence-electron chi connectivity index (χ1n) is 7.18. The highest BCUT2D eigenvalue weighted by Gasteiger charge is 2.29. The molecule has 2 aromatic rings. The summed E-state index contributed by atoms with van der Waals surface area (Å²) >= 11 is 0. The van der Waals surface area contributed by atoms with Crippen molar-refractivity contribution in [2.24, 2.45) is 0 Å². The Bertz CT molecular complexity index is 619. The van der Waals surface area contributed by atoms with Crippen molar-refractivity contribution in [2.45, 2.75) is 18.5 Å². The van der Waals surface area contributed by atoms with E-state index in [0.29, 0.717) is 0 Å². The summed E-state index contributed by atoms with van der Waals surface area (Å²) in [5.41, 5.74) is 7.16. The normalized spacial score (nSPS) is 17.3. The molecule has 0 bridgehead atoms. The van der Waals surface area contributed by atoms with Crippen LogP contribution in [0.4, 0.5) is 0 Å². The lowest BCUT2D eigenvalue weighted by Crippen LogP contribution is -2.44. The molecule has 1 unspecified atom stereocenters. The van der Waals surface area contributed by atoms with Gasteiger partial charge in [-0.25, -0.2) is 5.43 Å². The fourth-order valence-corrected chi connectivity index (χ4v) is 2.51. The lowest BCUT2D eigenvalue weighted by atomic mass is 9.98. The highest BCUT2D eigenvalue weighted by Crippen LogP contribution is 2.22. The van der Waals surface area contributed by atoms with E-state index in [4.69, 9.17) is 0 Å². The molecule has 0 aliphatic carbocycles. The minimum absolute atomic E-state index is 0.155. The van der Waals surface area contributed by atoms with Crippen molar-refractivity contribution in [2.75, 3.05) is 0 Å². The van der Waals surface area contributed by atoms with Crippen LogP contribution < -0.4 is 16.2 Å². The van der Waals surface area contributed by atoms with Crippen LogP contribution in [0.25, 0.3) is 0 Å². The van der Waals surface area contributed by atoms with Gasteiger partial charge in [0.15, 0.2) is 0 Å². The molecule has 1 heterocycles. The summed E-state index contributed by atoms with van der Waals surface area (Å²) in [7, 11) is 0. The van der Waals surface area contributed by atoms with Gasteiger partial charge in [0.1, 0.15) is 6.04 Å². The molecule has 3 rings (SSSR count). The zero-order chi connectivity index (χ0) is 15.4. The topological polar surface area (TPSA) is 70.2 Å². The number of hydrogen-bond donors (Lipinski definition) is 3. The van der Waals surface area contributed by atoms with Crippen LogP contribution in [0.5, 0.6) is 0 Å². The van der Waals surface area contributed by atoms with Crippen molar-refractivity contribution in [3.05, 3.63) is 71.8 Å². The van der Waals surface area contributed by atoms with Crippen molar-refractivity contribution >= 4 is 11.8 Å². The van der Waals surface area contributed by atoms with Crippen LogP contribution in [-0.4, -0.2) is 17.9 Å². The van der Waals surface area contributed by atoms with Crippen molar-refractivity contribution in [1.29, 1.82) is 0 Å². The first-order valence-corrected chi connectivity index (χ1v) is 7.18. The molecule has 5 heteroatoms. The molecule has 0 radical (unpaired) electrons. The second-order valence-corrected chi connectivity index (χ2v) is 5.21. The van der Waals surface area contributed by atoms with E-state index >= 15 is 0 Å². The van der Waals surface area contributed by atoms with Crippen LogP contribution in [0.1, 0.15) is 23.6 Å². The first-order chi connectivity index (χ1) is 10.7. The Morgan fingerprint density at radius 1 is 1.00 bits per heavy atom. The number of rotatable bonds is 4. The summed E-state index contributed by atoms with van der Waals surface area (Å²) in [6, 6.07) is 18.8. The predicted molar refractivity (Wildman–Crippen MR) is 82.6 cm³/mol. The Balaban J connectivity index is 1.83. The Labute approximate surface area is 128 Å². The van der Waals surface area contributed by atoms with Crippen LogP contribution in [0.2, 0.25) is 0 Å². The lowest BCUT2D eigenvalue weighted by molar-refractivity contribution is -0.124. The van der Waals surface area contributed by atoms with E-state index in [1.54, 1.807) is 0 Å². The molecule has 1 atom stereocenters. The maximum atomic E-state index is 12.4. The molecular weight excluding hydrogens is 278 g/mol. The van der Waals surface area contributed by atoms with E-state index in [0.717, 1.165) is 11.1 Å². The number of carbonyl (C=O) groups excluding carboxylic acids is 2. The molecule has 0 saturated carbocycles.